The topological polar surface area (TPSA) is 111 Å². The summed E-state index contributed by atoms with van der Waals surface area (Å²) >= 11 is 0. The molecule has 0 bridgehead atoms. The highest BCUT2D eigenvalue weighted by molar-refractivity contribution is 7.89. The molecule has 2 aromatic rings. The number of nitrogens with zero attached hydrogens (tertiary/aromatic N) is 2. The fraction of sp³-hybridized carbons (Fsp3) is 0.273. The second-order valence-corrected chi connectivity index (χ2v) is 5.61. The van der Waals surface area contributed by atoms with Crippen molar-refractivity contribution >= 4 is 10.0 Å². The molecule has 0 unspecified atom stereocenters. The monoisotopic (exact) mass is 282 g/mol. The summed E-state index contributed by atoms with van der Waals surface area (Å²) in [6, 6.07) is 3.03. The number of oxazole rings is 1. The van der Waals surface area contributed by atoms with Gasteiger partial charge in [-0.2, -0.15) is 0 Å². The number of nitrogens with one attached hydrogen (secondary N) is 1. The van der Waals surface area contributed by atoms with E-state index in [0.29, 0.717) is 18.2 Å². The Bertz CT molecular complexity index is 649. The van der Waals surface area contributed by atoms with Gasteiger partial charge >= 0.3 is 0 Å². The lowest BCUT2D eigenvalue weighted by molar-refractivity contribution is 0.463. The number of pyridine rings is 1. The minimum absolute atomic E-state index is 0.0174. The largest absolute Gasteiger partial charge is 0.445 e. The van der Waals surface area contributed by atoms with Gasteiger partial charge < -0.3 is 10.2 Å². The molecule has 0 saturated carbocycles. The van der Waals surface area contributed by atoms with Crippen LogP contribution in [0.3, 0.4) is 0 Å². The second kappa shape index (κ2) is 5.47. The number of aromatic nitrogens is 2. The van der Waals surface area contributed by atoms with Crippen LogP contribution in [0.25, 0.3) is 0 Å². The van der Waals surface area contributed by atoms with Gasteiger partial charge in [0, 0.05) is 12.7 Å². The summed E-state index contributed by atoms with van der Waals surface area (Å²) in [4.78, 5) is 7.77. The molecule has 0 spiro atoms. The van der Waals surface area contributed by atoms with Crippen molar-refractivity contribution in [3.05, 3.63) is 41.7 Å². The van der Waals surface area contributed by atoms with Crippen molar-refractivity contribution < 1.29 is 12.8 Å². The van der Waals surface area contributed by atoms with Crippen LogP contribution in [0.4, 0.5) is 0 Å². The highest BCUT2D eigenvalue weighted by Gasteiger charge is 2.16. The van der Waals surface area contributed by atoms with Crippen LogP contribution in [-0.4, -0.2) is 18.4 Å². The van der Waals surface area contributed by atoms with E-state index in [1.165, 1.54) is 18.5 Å². The molecule has 0 aliphatic heterocycles. The van der Waals surface area contributed by atoms with Gasteiger partial charge in [-0.3, -0.25) is 0 Å². The molecule has 0 aromatic carbocycles. The number of sulfonamides is 1. The van der Waals surface area contributed by atoms with Crippen molar-refractivity contribution in [1.29, 1.82) is 0 Å². The van der Waals surface area contributed by atoms with Crippen LogP contribution in [0.1, 0.15) is 17.2 Å². The van der Waals surface area contributed by atoms with E-state index >= 15 is 0 Å². The molecule has 19 heavy (non-hydrogen) atoms. The first-order valence-corrected chi connectivity index (χ1v) is 7.05. The van der Waals surface area contributed by atoms with Crippen molar-refractivity contribution in [3.63, 3.8) is 0 Å². The standard InChI is InChI=1S/C11H14N4O3S/c1-8-5-13-10(18-8)7-15-19(16,17)11-3-2-9(4-12)6-14-11/h2-3,5-6,15H,4,7,12H2,1H3. The number of rotatable bonds is 5. The van der Waals surface area contributed by atoms with E-state index in [-0.39, 0.29) is 11.6 Å². The predicted octanol–water partition coefficient (Wildman–Crippen LogP) is 0.315. The van der Waals surface area contributed by atoms with Crippen LogP contribution in [0.2, 0.25) is 0 Å². The minimum Gasteiger partial charge on any atom is -0.445 e. The van der Waals surface area contributed by atoms with Gasteiger partial charge in [0.25, 0.3) is 10.0 Å². The average molecular weight is 282 g/mol. The summed E-state index contributed by atoms with van der Waals surface area (Å²) in [6.07, 6.45) is 2.96. The van der Waals surface area contributed by atoms with Gasteiger partial charge in [-0.05, 0) is 18.6 Å². The number of hydrogen-bond donors (Lipinski definition) is 2. The molecular weight excluding hydrogens is 268 g/mol. The van der Waals surface area contributed by atoms with E-state index in [4.69, 9.17) is 10.2 Å². The molecule has 2 rings (SSSR count). The summed E-state index contributed by atoms with van der Waals surface area (Å²) in [5, 5.41) is -0.0621. The van der Waals surface area contributed by atoms with Crippen LogP contribution in [-0.2, 0) is 23.1 Å². The first-order valence-electron chi connectivity index (χ1n) is 5.57. The van der Waals surface area contributed by atoms with Crippen molar-refractivity contribution in [2.45, 2.75) is 25.0 Å². The van der Waals surface area contributed by atoms with Crippen LogP contribution >= 0.6 is 0 Å². The molecule has 2 aromatic heterocycles. The lowest BCUT2D eigenvalue weighted by Crippen LogP contribution is -2.24. The normalized spacial score (nSPS) is 11.7. The van der Waals surface area contributed by atoms with Crippen molar-refractivity contribution in [3.8, 4) is 0 Å². The maximum Gasteiger partial charge on any atom is 0.258 e. The van der Waals surface area contributed by atoms with E-state index in [2.05, 4.69) is 14.7 Å². The van der Waals surface area contributed by atoms with Gasteiger partial charge in [-0.25, -0.2) is 23.1 Å². The molecule has 2 heterocycles. The summed E-state index contributed by atoms with van der Waals surface area (Å²) in [5.74, 6) is 0.930. The molecule has 0 amide bonds. The lowest BCUT2D eigenvalue weighted by atomic mass is 10.3. The maximum atomic E-state index is 11.9. The highest BCUT2D eigenvalue weighted by Crippen LogP contribution is 2.08. The molecule has 0 radical (unpaired) electrons. The Morgan fingerprint density at radius 3 is 2.63 bits per heavy atom. The molecule has 0 aliphatic rings. The van der Waals surface area contributed by atoms with Crippen LogP contribution < -0.4 is 10.5 Å². The molecule has 8 heteroatoms. The molecule has 0 atom stereocenters. The van der Waals surface area contributed by atoms with Crippen LogP contribution in [0.5, 0.6) is 0 Å². The molecule has 0 aliphatic carbocycles. The van der Waals surface area contributed by atoms with E-state index in [1.807, 2.05) is 0 Å². The Hall–Kier alpha value is -1.77. The van der Waals surface area contributed by atoms with Gasteiger partial charge in [0.15, 0.2) is 5.03 Å². The Labute approximate surface area is 110 Å². The Morgan fingerprint density at radius 1 is 1.32 bits per heavy atom. The van der Waals surface area contributed by atoms with Crippen LogP contribution in [0.15, 0.2) is 34.0 Å². The third-order valence-corrected chi connectivity index (χ3v) is 3.71. The quantitative estimate of drug-likeness (QED) is 0.816. The summed E-state index contributed by atoms with van der Waals surface area (Å²) in [6.45, 7) is 2.03. The predicted molar refractivity (Wildman–Crippen MR) is 67.4 cm³/mol. The van der Waals surface area contributed by atoms with Gasteiger partial charge in [0.1, 0.15) is 5.76 Å². The maximum absolute atomic E-state index is 11.9. The zero-order valence-corrected chi connectivity index (χ0v) is 11.1. The minimum atomic E-state index is -3.68. The number of nitrogens with two attached hydrogens (primary N) is 1. The zero-order valence-electron chi connectivity index (χ0n) is 10.3. The number of hydrogen-bond acceptors (Lipinski definition) is 6. The van der Waals surface area contributed by atoms with Gasteiger partial charge in [0.2, 0.25) is 5.89 Å². The van der Waals surface area contributed by atoms with Crippen molar-refractivity contribution in [1.82, 2.24) is 14.7 Å². The SMILES string of the molecule is Cc1cnc(CNS(=O)(=O)c2ccc(CN)cn2)o1. The fourth-order valence-corrected chi connectivity index (χ4v) is 2.30. The molecule has 102 valence electrons. The van der Waals surface area contributed by atoms with E-state index in [9.17, 15) is 8.42 Å². The third kappa shape index (κ3) is 3.37. The second-order valence-electron chi connectivity index (χ2n) is 3.90. The highest BCUT2D eigenvalue weighted by atomic mass is 32.2. The van der Waals surface area contributed by atoms with Crippen molar-refractivity contribution in [2.24, 2.45) is 5.73 Å². The van der Waals surface area contributed by atoms with Crippen LogP contribution in [0, 0.1) is 6.92 Å². The molecule has 7 nitrogen and oxygen atoms in total. The average Bonchev–Trinajstić information content (AvgIpc) is 2.82. The van der Waals surface area contributed by atoms with Gasteiger partial charge in [0.05, 0.1) is 12.7 Å². The van der Waals surface area contributed by atoms with Gasteiger partial charge in [-0.1, -0.05) is 6.07 Å². The summed E-state index contributed by atoms with van der Waals surface area (Å²) in [7, 11) is -3.68. The molecule has 0 saturated heterocycles. The fourth-order valence-electron chi connectivity index (χ4n) is 1.40. The number of aryl methyl sites for hydroxylation is 1. The lowest BCUT2D eigenvalue weighted by Gasteiger charge is -2.04. The van der Waals surface area contributed by atoms with E-state index in [1.54, 1.807) is 13.0 Å². The van der Waals surface area contributed by atoms with E-state index in [0.717, 1.165) is 5.56 Å². The van der Waals surface area contributed by atoms with E-state index < -0.39 is 10.0 Å². The zero-order chi connectivity index (χ0) is 13.9. The summed E-state index contributed by atoms with van der Waals surface area (Å²) < 4.78 is 31.4. The Morgan fingerprint density at radius 2 is 2.11 bits per heavy atom. The first kappa shape index (κ1) is 13.7. The Kier molecular flexibility index (Phi) is 3.93. The molecular formula is C11H14N4O3S. The first-order chi connectivity index (χ1) is 9.01. The van der Waals surface area contributed by atoms with Gasteiger partial charge in [-0.15, -0.1) is 0 Å². The molecule has 3 N–H and O–H groups in total. The third-order valence-electron chi connectivity index (χ3n) is 2.39. The smallest absolute Gasteiger partial charge is 0.258 e. The molecule has 0 fully saturated rings. The summed E-state index contributed by atoms with van der Waals surface area (Å²) in [5.41, 5.74) is 6.19. The Balaban J connectivity index is 2.09. The van der Waals surface area contributed by atoms with Crippen molar-refractivity contribution in [2.75, 3.05) is 0 Å².